The van der Waals surface area contributed by atoms with Gasteiger partial charge in [0, 0.05) is 24.6 Å². The Bertz CT molecular complexity index is 1260. The number of fused-ring (bicyclic) bond motifs is 1. The first kappa shape index (κ1) is 24.6. The van der Waals surface area contributed by atoms with Crippen LogP contribution in [0.3, 0.4) is 0 Å². The van der Waals surface area contributed by atoms with Crippen LogP contribution >= 0.6 is 12.2 Å². The number of carbonyl (C=O) groups excluding carboxylic acids is 3. The summed E-state index contributed by atoms with van der Waals surface area (Å²) in [5.74, 6) is -1.14. The summed E-state index contributed by atoms with van der Waals surface area (Å²) in [7, 11) is 0. The first-order valence-electron chi connectivity index (χ1n) is 10.7. The molecule has 0 aliphatic rings. The zero-order valence-corrected chi connectivity index (χ0v) is 19.8. The molecule has 0 saturated heterocycles. The van der Waals surface area contributed by atoms with E-state index < -0.39 is 11.8 Å². The van der Waals surface area contributed by atoms with Gasteiger partial charge >= 0.3 is 0 Å². The Labute approximate surface area is 203 Å². The maximum Gasteiger partial charge on any atom is 0.250 e. The van der Waals surface area contributed by atoms with Crippen LogP contribution in [0.15, 0.2) is 66.7 Å². The number of nitrogens with one attached hydrogen (secondary N) is 4. The average Bonchev–Trinajstić information content (AvgIpc) is 2.82. The van der Waals surface area contributed by atoms with Crippen molar-refractivity contribution in [2.45, 2.75) is 26.7 Å². The lowest BCUT2D eigenvalue weighted by Crippen LogP contribution is -2.48. The maximum absolute atomic E-state index is 12.2. The summed E-state index contributed by atoms with van der Waals surface area (Å²) in [5, 5.41) is 7.31. The van der Waals surface area contributed by atoms with Crippen molar-refractivity contribution in [2.24, 2.45) is 0 Å². The molecule has 34 heavy (non-hydrogen) atoms. The number of thiocarbonyl (C=S) groups is 1. The lowest BCUT2D eigenvalue weighted by Gasteiger charge is -2.11. The molecule has 3 aromatic carbocycles. The Kier molecular flexibility index (Phi) is 8.48. The van der Waals surface area contributed by atoms with E-state index in [0.29, 0.717) is 0 Å². The smallest absolute Gasteiger partial charge is 0.250 e. The van der Waals surface area contributed by atoms with E-state index >= 15 is 0 Å². The van der Waals surface area contributed by atoms with E-state index in [9.17, 15) is 14.4 Å². The van der Waals surface area contributed by atoms with Crippen molar-refractivity contribution >= 4 is 57.6 Å². The molecule has 0 atom stereocenters. The molecule has 8 heteroatoms. The predicted octanol–water partition coefficient (Wildman–Crippen LogP) is 3.91. The Hall–Kier alpha value is -4.04. The Morgan fingerprint density at radius 1 is 0.882 bits per heavy atom. The van der Waals surface area contributed by atoms with Crippen LogP contribution in [0.5, 0.6) is 0 Å². The van der Waals surface area contributed by atoms with Gasteiger partial charge in [0.05, 0.1) is 0 Å². The van der Waals surface area contributed by atoms with Gasteiger partial charge in [0.25, 0.3) is 0 Å². The first-order valence-corrected chi connectivity index (χ1v) is 11.2. The normalized spacial score (nSPS) is 10.6. The van der Waals surface area contributed by atoms with Crippen molar-refractivity contribution in [2.75, 3.05) is 5.32 Å². The van der Waals surface area contributed by atoms with Gasteiger partial charge in [-0.1, -0.05) is 60.2 Å². The third kappa shape index (κ3) is 7.25. The van der Waals surface area contributed by atoms with Gasteiger partial charge in [0.15, 0.2) is 5.11 Å². The van der Waals surface area contributed by atoms with E-state index in [1.165, 1.54) is 6.08 Å². The van der Waals surface area contributed by atoms with Crippen LogP contribution in [-0.4, -0.2) is 22.8 Å². The van der Waals surface area contributed by atoms with Crippen LogP contribution in [0.1, 0.15) is 29.5 Å². The van der Waals surface area contributed by atoms with Crippen LogP contribution in [0.4, 0.5) is 5.69 Å². The fraction of sp³-hybridized carbons (Fsp3) is 0.154. The van der Waals surface area contributed by atoms with Gasteiger partial charge in [0.2, 0.25) is 17.7 Å². The number of hydrogen-bond acceptors (Lipinski definition) is 4. The second kappa shape index (κ2) is 11.7. The number of benzene rings is 3. The van der Waals surface area contributed by atoms with Crippen molar-refractivity contribution in [1.29, 1.82) is 0 Å². The number of carbonyl (C=O) groups is 3. The van der Waals surface area contributed by atoms with Crippen molar-refractivity contribution in [3.05, 3.63) is 83.4 Å². The second-order valence-corrected chi connectivity index (χ2v) is 8.17. The molecule has 3 amide bonds. The third-order valence-electron chi connectivity index (χ3n) is 5.02. The van der Waals surface area contributed by atoms with Gasteiger partial charge < -0.3 is 5.32 Å². The van der Waals surface area contributed by atoms with Gasteiger partial charge in [0.1, 0.15) is 0 Å². The molecule has 3 rings (SSSR count). The van der Waals surface area contributed by atoms with Crippen LogP contribution < -0.4 is 21.5 Å². The largest absolute Gasteiger partial charge is 0.326 e. The highest BCUT2D eigenvalue weighted by Crippen LogP contribution is 2.19. The molecule has 3 aromatic rings. The van der Waals surface area contributed by atoms with Crippen molar-refractivity contribution in [1.82, 2.24) is 16.2 Å². The molecule has 0 bridgehead atoms. The van der Waals surface area contributed by atoms with Crippen molar-refractivity contribution in [3.8, 4) is 0 Å². The van der Waals surface area contributed by atoms with Crippen LogP contribution in [-0.2, 0) is 14.4 Å². The summed E-state index contributed by atoms with van der Waals surface area (Å²) in [5.41, 5.74) is 8.52. The summed E-state index contributed by atoms with van der Waals surface area (Å²) >= 11 is 5.03. The highest BCUT2D eigenvalue weighted by atomic mass is 32.1. The zero-order valence-electron chi connectivity index (χ0n) is 19.0. The lowest BCUT2D eigenvalue weighted by atomic mass is 10.0. The number of anilines is 1. The summed E-state index contributed by atoms with van der Waals surface area (Å²) in [6, 6.07) is 19.4. The van der Waals surface area contributed by atoms with Crippen LogP contribution in [0.25, 0.3) is 16.8 Å². The molecule has 0 saturated carbocycles. The number of rotatable bonds is 6. The number of aryl methyl sites for hydroxylation is 2. The van der Waals surface area contributed by atoms with Gasteiger partial charge in [-0.3, -0.25) is 30.6 Å². The fourth-order valence-corrected chi connectivity index (χ4v) is 3.48. The number of hydrogen-bond donors (Lipinski definition) is 4. The molecule has 0 radical (unpaired) electrons. The molecule has 0 heterocycles. The Morgan fingerprint density at radius 3 is 2.41 bits per heavy atom. The van der Waals surface area contributed by atoms with Crippen molar-refractivity contribution < 1.29 is 14.4 Å². The highest BCUT2D eigenvalue weighted by molar-refractivity contribution is 7.80. The highest BCUT2D eigenvalue weighted by Gasteiger charge is 2.09. The summed E-state index contributed by atoms with van der Waals surface area (Å²) in [4.78, 5) is 36.3. The summed E-state index contributed by atoms with van der Waals surface area (Å²) < 4.78 is 0. The van der Waals surface area contributed by atoms with Gasteiger partial charge in [-0.25, -0.2) is 0 Å². The molecule has 0 aromatic heterocycles. The lowest BCUT2D eigenvalue weighted by molar-refractivity contribution is -0.124. The average molecular weight is 475 g/mol. The molecule has 0 aliphatic carbocycles. The van der Waals surface area contributed by atoms with Crippen molar-refractivity contribution in [3.63, 3.8) is 0 Å². The molecule has 0 spiro atoms. The summed E-state index contributed by atoms with van der Waals surface area (Å²) in [6.45, 7) is 3.88. The Balaban J connectivity index is 1.40. The molecule has 7 nitrogen and oxygen atoms in total. The van der Waals surface area contributed by atoms with E-state index in [0.717, 1.165) is 33.2 Å². The van der Waals surface area contributed by atoms with E-state index in [4.69, 9.17) is 12.2 Å². The monoisotopic (exact) mass is 474 g/mol. The van der Waals surface area contributed by atoms with E-state index in [2.05, 4.69) is 21.5 Å². The Morgan fingerprint density at radius 2 is 1.62 bits per heavy atom. The minimum atomic E-state index is -0.437. The van der Waals surface area contributed by atoms with Gasteiger partial charge in [-0.05, 0) is 60.1 Å². The van der Waals surface area contributed by atoms with Crippen LogP contribution in [0, 0.1) is 13.8 Å². The quantitative estimate of drug-likeness (QED) is 0.247. The fourth-order valence-electron chi connectivity index (χ4n) is 3.33. The molecule has 0 fully saturated rings. The molecule has 174 valence electrons. The molecule has 0 aliphatic heterocycles. The SMILES string of the molecule is Cc1ccc(NC(=O)CCC(=O)NNC(=S)NC(=O)C=Cc2cccc3ccccc23)c(C)c1. The standard InChI is InChI=1S/C26H26N4O3S/c1-17-10-12-22(18(2)16-17)27-23(31)14-15-25(33)29-30-26(34)28-24(32)13-11-20-8-5-7-19-6-3-4-9-21(19)20/h3-13,16H,14-15H2,1-2H3,(H,27,31)(H,29,33)(H2,28,30,32,34). The third-order valence-corrected chi connectivity index (χ3v) is 5.23. The first-order chi connectivity index (χ1) is 16.3. The molecule has 0 unspecified atom stereocenters. The topological polar surface area (TPSA) is 99.3 Å². The molecular formula is C26H26N4O3S. The zero-order chi connectivity index (χ0) is 24.5. The second-order valence-electron chi connectivity index (χ2n) is 7.76. The van der Waals surface area contributed by atoms with Crippen LogP contribution in [0.2, 0.25) is 0 Å². The number of hydrazine groups is 1. The maximum atomic E-state index is 12.2. The molecular weight excluding hydrogens is 448 g/mol. The van der Waals surface area contributed by atoms with E-state index in [1.54, 1.807) is 6.08 Å². The van der Waals surface area contributed by atoms with Gasteiger partial charge in [-0.2, -0.15) is 0 Å². The summed E-state index contributed by atoms with van der Waals surface area (Å²) in [6.07, 6.45) is 3.04. The minimum absolute atomic E-state index is 0.00766. The predicted molar refractivity (Wildman–Crippen MR) is 139 cm³/mol. The van der Waals surface area contributed by atoms with Gasteiger partial charge in [-0.15, -0.1) is 0 Å². The van der Waals surface area contributed by atoms with E-state index in [1.807, 2.05) is 74.5 Å². The minimum Gasteiger partial charge on any atom is -0.326 e. The molecule has 4 N–H and O–H groups in total. The number of amides is 3. The van der Waals surface area contributed by atoms with E-state index in [-0.39, 0.29) is 23.9 Å².